The Morgan fingerprint density at radius 2 is 1.69 bits per heavy atom. The molecule has 1 N–H and O–H groups in total. The third kappa shape index (κ3) is 5.57. The summed E-state index contributed by atoms with van der Waals surface area (Å²) >= 11 is 0. The molecule has 1 unspecified atom stereocenters. The van der Waals surface area contributed by atoms with Crippen molar-refractivity contribution in [2.24, 2.45) is 0 Å². The third-order valence-corrected chi connectivity index (χ3v) is 6.72. The van der Waals surface area contributed by atoms with E-state index in [2.05, 4.69) is 31.7 Å². The largest absolute Gasteiger partial charge is 0.345 e. The summed E-state index contributed by atoms with van der Waals surface area (Å²) in [7, 11) is 0. The average molecular weight is 511 g/mol. The number of pyridine rings is 2. The van der Waals surface area contributed by atoms with Crippen molar-refractivity contribution >= 4 is 16.7 Å². The van der Waals surface area contributed by atoms with Gasteiger partial charge in [0.1, 0.15) is 5.69 Å². The zero-order valence-electron chi connectivity index (χ0n) is 21.2. The Hall–Kier alpha value is -5.17. The van der Waals surface area contributed by atoms with Crippen LogP contribution in [0.2, 0.25) is 0 Å². The van der Waals surface area contributed by atoms with E-state index in [9.17, 15) is 4.79 Å². The molecule has 0 fully saturated rings. The number of amides is 1. The molecule has 0 radical (unpaired) electrons. The maximum absolute atomic E-state index is 13.6. The number of aromatic nitrogens is 5. The standard InChI is InChI=1S/C32H26N6O/c39-32(35-30(23-8-2-1-3-9-23)19-28-11-6-7-16-34-28)29-12-5-4-10-27(29)21-38-22-31(36-37-38)25-13-14-26-20-33-17-15-24(26)18-25/h1-18,20,22,30H,19,21H2,(H,35,39). The van der Waals surface area contributed by atoms with Gasteiger partial charge >= 0.3 is 0 Å². The smallest absolute Gasteiger partial charge is 0.252 e. The second kappa shape index (κ2) is 11.1. The van der Waals surface area contributed by atoms with Crippen LogP contribution in [0.25, 0.3) is 22.0 Å². The van der Waals surface area contributed by atoms with E-state index >= 15 is 0 Å². The molecule has 0 aliphatic rings. The Kier molecular flexibility index (Phi) is 6.86. The normalized spacial score (nSPS) is 11.8. The molecule has 0 saturated carbocycles. The monoisotopic (exact) mass is 510 g/mol. The highest BCUT2D eigenvalue weighted by Gasteiger charge is 2.19. The lowest BCUT2D eigenvalue weighted by Gasteiger charge is -2.20. The number of nitrogens with zero attached hydrogens (tertiary/aromatic N) is 5. The van der Waals surface area contributed by atoms with Crippen LogP contribution < -0.4 is 5.32 Å². The van der Waals surface area contributed by atoms with Crippen molar-refractivity contribution in [3.05, 3.63) is 144 Å². The highest BCUT2D eigenvalue weighted by molar-refractivity contribution is 5.96. The quantitative estimate of drug-likeness (QED) is 0.286. The van der Waals surface area contributed by atoms with Gasteiger partial charge < -0.3 is 5.32 Å². The van der Waals surface area contributed by atoms with E-state index in [1.54, 1.807) is 17.1 Å². The number of carbonyl (C=O) groups excluding carboxylic acids is 1. The van der Waals surface area contributed by atoms with Gasteiger partial charge in [-0.2, -0.15) is 0 Å². The van der Waals surface area contributed by atoms with Gasteiger partial charge in [0.25, 0.3) is 5.91 Å². The van der Waals surface area contributed by atoms with Gasteiger partial charge in [0.05, 0.1) is 18.8 Å². The van der Waals surface area contributed by atoms with E-state index < -0.39 is 0 Å². The molecule has 39 heavy (non-hydrogen) atoms. The Balaban J connectivity index is 1.23. The van der Waals surface area contributed by atoms with E-state index in [1.165, 1.54) is 0 Å². The lowest BCUT2D eigenvalue weighted by Crippen LogP contribution is -2.31. The molecular weight excluding hydrogens is 484 g/mol. The Labute approximate surface area is 226 Å². The minimum absolute atomic E-state index is 0.140. The highest BCUT2D eigenvalue weighted by Crippen LogP contribution is 2.23. The summed E-state index contributed by atoms with van der Waals surface area (Å²) in [5.41, 5.74) is 5.16. The van der Waals surface area contributed by atoms with Gasteiger partial charge in [-0.3, -0.25) is 14.8 Å². The molecule has 0 aliphatic heterocycles. The molecule has 3 aromatic heterocycles. The predicted octanol–water partition coefficient (Wildman–Crippen LogP) is 5.65. The highest BCUT2D eigenvalue weighted by atomic mass is 16.1. The number of carbonyl (C=O) groups is 1. The molecule has 3 aromatic carbocycles. The number of hydrogen-bond donors (Lipinski definition) is 1. The maximum atomic E-state index is 13.6. The third-order valence-electron chi connectivity index (χ3n) is 6.72. The molecule has 190 valence electrons. The summed E-state index contributed by atoms with van der Waals surface area (Å²) in [5.74, 6) is -0.140. The predicted molar refractivity (Wildman–Crippen MR) is 151 cm³/mol. The van der Waals surface area contributed by atoms with E-state index in [4.69, 9.17) is 0 Å². The van der Waals surface area contributed by atoms with Crippen LogP contribution in [0, 0.1) is 0 Å². The number of nitrogens with one attached hydrogen (secondary N) is 1. The van der Waals surface area contributed by atoms with Gasteiger partial charge in [0.15, 0.2) is 0 Å². The molecule has 7 heteroatoms. The molecular formula is C32H26N6O. The Bertz CT molecular complexity index is 1720. The first-order valence-electron chi connectivity index (χ1n) is 12.8. The van der Waals surface area contributed by atoms with E-state index in [0.717, 1.165) is 38.9 Å². The van der Waals surface area contributed by atoms with Crippen LogP contribution in [0.15, 0.2) is 122 Å². The molecule has 0 aliphatic carbocycles. The molecule has 7 nitrogen and oxygen atoms in total. The fraction of sp³-hybridized carbons (Fsp3) is 0.0938. The molecule has 0 spiro atoms. The summed E-state index contributed by atoms with van der Waals surface area (Å²) in [5, 5.41) is 14.1. The van der Waals surface area contributed by atoms with Gasteiger partial charge in [-0.15, -0.1) is 5.10 Å². The summed E-state index contributed by atoms with van der Waals surface area (Å²) in [4.78, 5) is 22.2. The Morgan fingerprint density at radius 1 is 0.846 bits per heavy atom. The number of hydrogen-bond acceptors (Lipinski definition) is 5. The van der Waals surface area contributed by atoms with E-state index in [-0.39, 0.29) is 11.9 Å². The minimum Gasteiger partial charge on any atom is -0.345 e. The molecule has 6 rings (SSSR count). The SMILES string of the molecule is O=C(NC(Cc1ccccn1)c1ccccc1)c1ccccc1Cn1cc(-c2ccc3cnccc3c2)nn1. The van der Waals surface area contributed by atoms with Crippen LogP contribution in [0.4, 0.5) is 0 Å². The second-order valence-corrected chi connectivity index (χ2v) is 9.36. The van der Waals surface area contributed by atoms with Crippen molar-refractivity contribution < 1.29 is 4.79 Å². The van der Waals surface area contributed by atoms with Crippen LogP contribution in [0.3, 0.4) is 0 Å². The first-order chi connectivity index (χ1) is 19.2. The second-order valence-electron chi connectivity index (χ2n) is 9.36. The van der Waals surface area contributed by atoms with E-state index in [0.29, 0.717) is 18.5 Å². The zero-order valence-corrected chi connectivity index (χ0v) is 21.2. The molecule has 1 atom stereocenters. The lowest BCUT2D eigenvalue weighted by molar-refractivity contribution is 0.0935. The van der Waals surface area contributed by atoms with Gasteiger partial charge in [-0.1, -0.05) is 71.9 Å². The van der Waals surface area contributed by atoms with Crippen molar-refractivity contribution in [1.82, 2.24) is 30.3 Å². The fourth-order valence-corrected chi connectivity index (χ4v) is 4.71. The van der Waals surface area contributed by atoms with Gasteiger partial charge in [0, 0.05) is 47.2 Å². The topological polar surface area (TPSA) is 85.6 Å². The summed E-state index contributed by atoms with van der Waals surface area (Å²) in [6.45, 7) is 0.421. The maximum Gasteiger partial charge on any atom is 0.252 e. The van der Waals surface area contributed by atoms with Gasteiger partial charge in [-0.25, -0.2) is 4.68 Å². The fourth-order valence-electron chi connectivity index (χ4n) is 4.71. The van der Waals surface area contributed by atoms with Crippen LogP contribution >= 0.6 is 0 Å². The molecule has 0 saturated heterocycles. The lowest BCUT2D eigenvalue weighted by atomic mass is 10.00. The number of rotatable bonds is 8. The molecule has 1 amide bonds. The molecule has 3 heterocycles. The first-order valence-corrected chi connectivity index (χ1v) is 12.8. The molecule has 6 aromatic rings. The van der Waals surface area contributed by atoms with Crippen molar-refractivity contribution in [3.63, 3.8) is 0 Å². The number of fused-ring (bicyclic) bond motifs is 1. The van der Waals surface area contributed by atoms with Gasteiger partial charge in [-0.05, 0) is 46.8 Å². The zero-order chi connectivity index (χ0) is 26.4. The van der Waals surface area contributed by atoms with Crippen molar-refractivity contribution in [2.75, 3.05) is 0 Å². The summed E-state index contributed by atoms with van der Waals surface area (Å²) in [6, 6.07) is 31.3. The minimum atomic E-state index is -0.220. The van der Waals surface area contributed by atoms with Crippen LogP contribution in [0.5, 0.6) is 0 Å². The average Bonchev–Trinajstić information content (AvgIpc) is 3.46. The number of benzene rings is 3. The Morgan fingerprint density at radius 3 is 2.56 bits per heavy atom. The van der Waals surface area contributed by atoms with Gasteiger partial charge in [0.2, 0.25) is 0 Å². The summed E-state index contributed by atoms with van der Waals surface area (Å²) < 4.78 is 1.76. The van der Waals surface area contributed by atoms with Crippen molar-refractivity contribution in [2.45, 2.75) is 19.0 Å². The van der Waals surface area contributed by atoms with Crippen LogP contribution in [-0.2, 0) is 13.0 Å². The van der Waals surface area contributed by atoms with Crippen molar-refractivity contribution in [3.8, 4) is 11.3 Å². The molecule has 0 bridgehead atoms. The first kappa shape index (κ1) is 24.2. The summed E-state index contributed by atoms with van der Waals surface area (Å²) in [6.07, 6.45) is 7.90. The van der Waals surface area contributed by atoms with E-state index in [1.807, 2.05) is 103 Å². The van der Waals surface area contributed by atoms with Crippen LogP contribution in [0.1, 0.15) is 33.2 Å². The van der Waals surface area contributed by atoms with Crippen molar-refractivity contribution in [1.29, 1.82) is 0 Å². The van der Waals surface area contributed by atoms with Crippen LogP contribution in [-0.4, -0.2) is 30.9 Å².